The lowest BCUT2D eigenvalue weighted by molar-refractivity contribution is -0.128. The van der Waals surface area contributed by atoms with E-state index in [2.05, 4.69) is 53.3 Å². The van der Waals surface area contributed by atoms with E-state index < -0.39 is 0 Å². The maximum atomic E-state index is 14.1. The molecular weight excluding hydrogens is 416 g/mol. The van der Waals surface area contributed by atoms with Gasteiger partial charge in [0.25, 0.3) is 0 Å². The third-order valence-corrected chi connectivity index (χ3v) is 7.82. The second-order valence-corrected chi connectivity index (χ2v) is 9.54. The molecule has 3 heterocycles. The zero-order valence-electron chi connectivity index (χ0n) is 19.8. The molecule has 0 radical (unpaired) electrons. The van der Waals surface area contributed by atoms with Gasteiger partial charge in [0, 0.05) is 43.6 Å². The van der Waals surface area contributed by atoms with E-state index in [1.807, 2.05) is 11.0 Å². The average molecular weight is 451 g/mol. The SMILES string of the molecule is COC1CC[C@@H](C(=O)N2Cc3cccnc3Nc3ccc(N4CCOCC4)cc32)[C@@H](C)[C@H]1C. The van der Waals surface area contributed by atoms with Gasteiger partial charge in [-0.15, -0.1) is 0 Å². The van der Waals surface area contributed by atoms with Crippen LogP contribution in [0.4, 0.5) is 22.9 Å². The second-order valence-electron chi connectivity index (χ2n) is 9.54. The zero-order chi connectivity index (χ0) is 22.9. The molecule has 7 nitrogen and oxygen atoms in total. The number of rotatable bonds is 3. The fourth-order valence-electron chi connectivity index (χ4n) is 5.58. The number of ether oxygens (including phenoxy) is 2. The number of pyridine rings is 1. The number of morpholine rings is 1. The van der Waals surface area contributed by atoms with Crippen molar-refractivity contribution >= 4 is 28.8 Å². The Balaban J connectivity index is 1.52. The quantitative estimate of drug-likeness (QED) is 0.756. The van der Waals surface area contributed by atoms with Crippen molar-refractivity contribution in [1.82, 2.24) is 4.98 Å². The molecule has 5 rings (SSSR count). The summed E-state index contributed by atoms with van der Waals surface area (Å²) in [6.07, 6.45) is 3.79. The Morgan fingerprint density at radius 1 is 1.15 bits per heavy atom. The Hall–Kier alpha value is -2.64. The van der Waals surface area contributed by atoms with Crippen molar-refractivity contribution in [1.29, 1.82) is 0 Å². The van der Waals surface area contributed by atoms with Gasteiger partial charge in [-0.3, -0.25) is 4.79 Å². The Labute approximate surface area is 196 Å². The van der Waals surface area contributed by atoms with Crippen LogP contribution >= 0.6 is 0 Å². The first-order chi connectivity index (χ1) is 16.1. The van der Waals surface area contributed by atoms with Gasteiger partial charge >= 0.3 is 0 Å². The molecule has 2 fully saturated rings. The van der Waals surface area contributed by atoms with Gasteiger partial charge in [0.05, 0.1) is 37.2 Å². The fourth-order valence-corrected chi connectivity index (χ4v) is 5.58. The molecule has 1 aliphatic carbocycles. The summed E-state index contributed by atoms with van der Waals surface area (Å²) >= 11 is 0. The van der Waals surface area contributed by atoms with E-state index in [0.717, 1.165) is 67.6 Å². The number of fused-ring (bicyclic) bond motifs is 2. The van der Waals surface area contributed by atoms with Crippen LogP contribution in [0.2, 0.25) is 0 Å². The molecular formula is C26H34N4O3. The minimum atomic E-state index is -0.0236. The first-order valence-corrected chi connectivity index (χ1v) is 12.1. The topological polar surface area (TPSA) is 66.9 Å². The molecule has 4 atom stereocenters. The van der Waals surface area contributed by atoms with Crippen molar-refractivity contribution in [2.24, 2.45) is 17.8 Å². The van der Waals surface area contributed by atoms with Crippen LogP contribution in [0.1, 0.15) is 32.3 Å². The minimum absolute atomic E-state index is 0.0236. The smallest absolute Gasteiger partial charge is 0.230 e. The summed E-state index contributed by atoms with van der Waals surface area (Å²) in [6.45, 7) is 8.10. The summed E-state index contributed by atoms with van der Waals surface area (Å²) in [6, 6.07) is 10.4. The van der Waals surface area contributed by atoms with Gasteiger partial charge in [-0.1, -0.05) is 19.9 Å². The number of hydrogen-bond donors (Lipinski definition) is 1. The number of carbonyl (C=O) groups excluding carboxylic acids is 1. The highest BCUT2D eigenvalue weighted by molar-refractivity contribution is 6.00. The maximum absolute atomic E-state index is 14.1. The monoisotopic (exact) mass is 450 g/mol. The number of anilines is 4. The van der Waals surface area contributed by atoms with E-state index in [0.29, 0.717) is 12.5 Å². The van der Waals surface area contributed by atoms with E-state index in [9.17, 15) is 4.79 Å². The van der Waals surface area contributed by atoms with Crippen molar-refractivity contribution in [2.75, 3.05) is 48.5 Å². The van der Waals surface area contributed by atoms with Crippen LogP contribution in [0.5, 0.6) is 0 Å². The lowest BCUT2D eigenvalue weighted by atomic mass is 9.71. The van der Waals surface area contributed by atoms with Crippen LogP contribution in [0.15, 0.2) is 36.5 Å². The van der Waals surface area contributed by atoms with E-state index in [1.165, 1.54) is 0 Å². The number of hydrogen-bond acceptors (Lipinski definition) is 6. The number of aromatic nitrogens is 1. The summed E-state index contributed by atoms with van der Waals surface area (Å²) in [5, 5.41) is 3.49. The predicted octanol–water partition coefficient (Wildman–Crippen LogP) is 4.21. The molecule has 1 aromatic carbocycles. The van der Waals surface area contributed by atoms with Crippen molar-refractivity contribution in [2.45, 2.75) is 39.3 Å². The van der Waals surface area contributed by atoms with Crippen LogP contribution < -0.4 is 15.1 Å². The Bertz CT molecular complexity index is 1010. The first kappa shape index (κ1) is 22.2. The second kappa shape index (κ2) is 9.31. The van der Waals surface area contributed by atoms with E-state index in [1.54, 1.807) is 13.3 Å². The van der Waals surface area contributed by atoms with Crippen molar-refractivity contribution in [3.8, 4) is 0 Å². The van der Waals surface area contributed by atoms with Gasteiger partial charge in [0.1, 0.15) is 5.82 Å². The van der Waals surface area contributed by atoms with E-state index in [4.69, 9.17) is 9.47 Å². The normalized spacial score (nSPS) is 27.2. The average Bonchev–Trinajstić information content (AvgIpc) is 3.02. The molecule has 176 valence electrons. The highest BCUT2D eigenvalue weighted by atomic mass is 16.5. The van der Waals surface area contributed by atoms with E-state index >= 15 is 0 Å². The number of amides is 1. The molecule has 2 aromatic rings. The first-order valence-electron chi connectivity index (χ1n) is 12.1. The van der Waals surface area contributed by atoms with E-state index in [-0.39, 0.29) is 23.8 Å². The third-order valence-electron chi connectivity index (χ3n) is 7.82. The lowest BCUT2D eigenvalue weighted by Crippen LogP contribution is -2.45. The molecule has 33 heavy (non-hydrogen) atoms. The molecule has 1 N–H and O–H groups in total. The highest BCUT2D eigenvalue weighted by Crippen LogP contribution is 2.42. The van der Waals surface area contributed by atoms with Crippen molar-refractivity contribution in [3.63, 3.8) is 0 Å². The summed E-state index contributed by atoms with van der Waals surface area (Å²) in [7, 11) is 1.78. The molecule has 2 aliphatic heterocycles. The van der Waals surface area contributed by atoms with Crippen molar-refractivity contribution < 1.29 is 14.3 Å². The molecule has 0 spiro atoms. The van der Waals surface area contributed by atoms with Gasteiger partial charge in [0.15, 0.2) is 0 Å². The van der Waals surface area contributed by atoms with Gasteiger partial charge in [-0.25, -0.2) is 4.98 Å². The molecule has 1 amide bonds. The van der Waals surface area contributed by atoms with Crippen molar-refractivity contribution in [3.05, 3.63) is 42.1 Å². The molecule has 3 aliphatic rings. The Kier molecular flexibility index (Phi) is 6.25. The number of nitrogens with one attached hydrogen (secondary N) is 1. The van der Waals surface area contributed by atoms with Crippen LogP contribution in [0, 0.1) is 17.8 Å². The van der Waals surface area contributed by atoms with Crippen LogP contribution in [-0.4, -0.2) is 50.4 Å². The minimum Gasteiger partial charge on any atom is -0.381 e. The van der Waals surface area contributed by atoms with Crippen LogP contribution in [0.3, 0.4) is 0 Å². The molecule has 1 aromatic heterocycles. The lowest BCUT2D eigenvalue weighted by Gasteiger charge is -2.40. The van der Waals surface area contributed by atoms with Crippen LogP contribution in [0.25, 0.3) is 0 Å². The molecule has 7 heteroatoms. The summed E-state index contributed by atoms with van der Waals surface area (Å²) in [5.41, 5.74) is 4.00. The number of benzene rings is 1. The molecule has 1 saturated heterocycles. The molecule has 1 unspecified atom stereocenters. The summed E-state index contributed by atoms with van der Waals surface area (Å²) < 4.78 is 11.2. The zero-order valence-corrected chi connectivity index (χ0v) is 19.8. The number of nitrogens with zero attached hydrogens (tertiary/aromatic N) is 3. The summed E-state index contributed by atoms with van der Waals surface area (Å²) in [4.78, 5) is 23.0. The standard InChI is InChI=1S/C26H34N4O3/c1-17-18(2)24(32-3)9-7-21(17)26(31)30-16-19-5-4-10-27-25(19)28-22-8-6-20(15-23(22)30)29-11-13-33-14-12-29/h4-6,8,10,15,17-18,21,24H,7,9,11-14,16H2,1-3H3,(H,27,28)/t17-,18+,21+,24?/m0/s1. The Morgan fingerprint density at radius 2 is 1.97 bits per heavy atom. The fraction of sp³-hybridized carbons (Fsp3) is 0.538. The van der Waals surface area contributed by atoms with Gasteiger partial charge in [-0.2, -0.15) is 0 Å². The van der Waals surface area contributed by atoms with Gasteiger partial charge in [0.2, 0.25) is 5.91 Å². The molecule has 0 bridgehead atoms. The number of carbonyl (C=O) groups is 1. The number of methoxy groups -OCH3 is 1. The van der Waals surface area contributed by atoms with Gasteiger partial charge < -0.3 is 24.6 Å². The highest BCUT2D eigenvalue weighted by Gasteiger charge is 2.40. The maximum Gasteiger partial charge on any atom is 0.230 e. The predicted molar refractivity (Wildman–Crippen MR) is 130 cm³/mol. The van der Waals surface area contributed by atoms with Crippen LogP contribution in [-0.2, 0) is 20.8 Å². The summed E-state index contributed by atoms with van der Waals surface area (Å²) in [5.74, 6) is 1.59. The molecule has 1 saturated carbocycles. The Morgan fingerprint density at radius 3 is 2.76 bits per heavy atom. The third kappa shape index (κ3) is 4.20. The largest absolute Gasteiger partial charge is 0.381 e. The van der Waals surface area contributed by atoms with Gasteiger partial charge in [-0.05, 0) is 48.9 Å².